The van der Waals surface area contributed by atoms with Crippen molar-refractivity contribution < 1.29 is 14.4 Å². The summed E-state index contributed by atoms with van der Waals surface area (Å²) in [6, 6.07) is 21.0. The average Bonchev–Trinajstić information content (AvgIpc) is 2.76. The molecule has 0 saturated carbocycles. The second kappa shape index (κ2) is 10.0. The largest absolute Gasteiger partial charge is 0.332 e. The van der Waals surface area contributed by atoms with Gasteiger partial charge in [0.25, 0.3) is 11.8 Å². The number of hydrogen-bond acceptors (Lipinski definition) is 3. The number of rotatable bonds is 6. The first kappa shape index (κ1) is 22.2. The molecule has 0 heterocycles. The molecule has 6 nitrogen and oxygen atoms in total. The molecule has 0 fully saturated rings. The van der Waals surface area contributed by atoms with Gasteiger partial charge in [0.2, 0.25) is 5.91 Å². The predicted octanol–water partition coefficient (Wildman–Crippen LogP) is 4.72. The van der Waals surface area contributed by atoms with Crippen LogP contribution in [0.25, 0.3) is 0 Å². The average molecular weight is 480 g/mol. The minimum absolute atomic E-state index is 0.0825. The first-order valence-corrected chi connectivity index (χ1v) is 10.4. The number of nitrogens with zero attached hydrogens (tertiary/aromatic N) is 1. The second-order valence-electron chi connectivity index (χ2n) is 7.07. The molecule has 0 aliphatic heterocycles. The molecule has 3 aromatic rings. The number of nitrogens with one attached hydrogen (secondary N) is 2. The van der Waals surface area contributed by atoms with E-state index in [-0.39, 0.29) is 24.3 Å². The number of aryl methyl sites for hydroxylation is 1. The van der Waals surface area contributed by atoms with Crippen LogP contribution in [0.5, 0.6) is 0 Å². The molecule has 31 heavy (non-hydrogen) atoms. The molecule has 7 heteroatoms. The highest BCUT2D eigenvalue weighted by Gasteiger charge is 2.16. The summed E-state index contributed by atoms with van der Waals surface area (Å²) in [4.78, 5) is 38.6. The van der Waals surface area contributed by atoms with Crippen LogP contribution in [0.15, 0.2) is 77.3 Å². The Balaban J connectivity index is 1.57. The Bertz CT molecular complexity index is 1100. The van der Waals surface area contributed by atoms with E-state index in [0.29, 0.717) is 22.5 Å². The van der Waals surface area contributed by atoms with Crippen LogP contribution < -0.4 is 10.6 Å². The minimum Gasteiger partial charge on any atom is -0.332 e. The molecule has 158 valence electrons. The summed E-state index contributed by atoms with van der Waals surface area (Å²) in [5, 5.41) is 5.61. The van der Waals surface area contributed by atoms with E-state index in [2.05, 4.69) is 26.6 Å². The second-order valence-corrected chi connectivity index (χ2v) is 7.98. The monoisotopic (exact) mass is 479 g/mol. The molecule has 0 aromatic heterocycles. The predicted molar refractivity (Wildman–Crippen MR) is 125 cm³/mol. The van der Waals surface area contributed by atoms with E-state index in [1.807, 2.05) is 31.2 Å². The molecule has 0 radical (unpaired) electrons. The highest BCUT2D eigenvalue weighted by atomic mass is 79.9. The summed E-state index contributed by atoms with van der Waals surface area (Å²) >= 11 is 3.39. The third-order valence-corrected chi connectivity index (χ3v) is 5.11. The lowest BCUT2D eigenvalue weighted by Crippen LogP contribution is -2.35. The molecule has 0 aliphatic rings. The highest BCUT2D eigenvalue weighted by Crippen LogP contribution is 2.20. The van der Waals surface area contributed by atoms with Crippen LogP contribution in [0.3, 0.4) is 0 Å². The molecule has 3 aromatic carbocycles. The summed E-state index contributed by atoms with van der Waals surface area (Å²) in [5.41, 5.74) is 3.18. The van der Waals surface area contributed by atoms with E-state index >= 15 is 0 Å². The van der Waals surface area contributed by atoms with Crippen LogP contribution in [0.4, 0.5) is 11.4 Å². The fraction of sp³-hybridized carbons (Fsp3) is 0.125. The molecular formula is C24H22BrN3O3. The van der Waals surface area contributed by atoms with Crippen molar-refractivity contribution >= 4 is 45.0 Å². The van der Waals surface area contributed by atoms with Gasteiger partial charge in [-0.3, -0.25) is 14.4 Å². The Hall–Kier alpha value is -3.45. The minimum atomic E-state index is -0.288. The lowest BCUT2D eigenvalue weighted by Gasteiger charge is -2.18. The van der Waals surface area contributed by atoms with Crippen molar-refractivity contribution in [1.29, 1.82) is 0 Å². The summed E-state index contributed by atoms with van der Waals surface area (Å²) in [6.45, 7) is 1.81. The number of halogens is 1. The third kappa shape index (κ3) is 6.02. The zero-order chi connectivity index (χ0) is 22.4. The van der Waals surface area contributed by atoms with Gasteiger partial charge in [-0.25, -0.2) is 0 Å². The molecule has 0 bridgehead atoms. The van der Waals surface area contributed by atoms with Gasteiger partial charge >= 0.3 is 0 Å². The van der Waals surface area contributed by atoms with Crippen LogP contribution in [0, 0.1) is 6.92 Å². The van der Waals surface area contributed by atoms with Crippen molar-refractivity contribution in [3.05, 3.63) is 94.0 Å². The van der Waals surface area contributed by atoms with Gasteiger partial charge in [-0.05, 0) is 67.1 Å². The number of carbonyl (C=O) groups is 3. The van der Waals surface area contributed by atoms with Gasteiger partial charge < -0.3 is 15.5 Å². The Kier molecular flexibility index (Phi) is 7.20. The van der Waals surface area contributed by atoms with Crippen molar-refractivity contribution in [2.75, 3.05) is 24.2 Å². The topological polar surface area (TPSA) is 78.5 Å². The number of likely N-dealkylation sites (N-methyl/N-ethyl adjacent to an activating group) is 1. The Morgan fingerprint density at radius 2 is 1.55 bits per heavy atom. The quantitative estimate of drug-likeness (QED) is 0.536. The van der Waals surface area contributed by atoms with Crippen LogP contribution in [0.1, 0.15) is 26.3 Å². The van der Waals surface area contributed by atoms with Gasteiger partial charge in [0.15, 0.2) is 0 Å². The van der Waals surface area contributed by atoms with E-state index < -0.39 is 0 Å². The molecule has 3 rings (SSSR count). The fourth-order valence-corrected chi connectivity index (χ4v) is 3.43. The van der Waals surface area contributed by atoms with E-state index in [1.54, 1.807) is 55.6 Å². The van der Waals surface area contributed by atoms with Crippen molar-refractivity contribution in [3.8, 4) is 0 Å². The molecule has 0 spiro atoms. The number of carbonyl (C=O) groups excluding carboxylic acids is 3. The van der Waals surface area contributed by atoms with Gasteiger partial charge in [0, 0.05) is 34.0 Å². The molecule has 0 aliphatic carbocycles. The van der Waals surface area contributed by atoms with Gasteiger partial charge in [0.1, 0.15) is 0 Å². The van der Waals surface area contributed by atoms with E-state index in [9.17, 15) is 14.4 Å². The molecule has 0 saturated heterocycles. The maximum absolute atomic E-state index is 12.7. The van der Waals surface area contributed by atoms with Crippen LogP contribution in [0.2, 0.25) is 0 Å². The molecule has 0 atom stereocenters. The Morgan fingerprint density at radius 3 is 2.19 bits per heavy atom. The number of hydrogen-bond donors (Lipinski definition) is 2. The fourth-order valence-electron chi connectivity index (χ4n) is 2.95. The van der Waals surface area contributed by atoms with Gasteiger partial charge in [-0.2, -0.15) is 0 Å². The van der Waals surface area contributed by atoms with Crippen LogP contribution in [-0.2, 0) is 4.79 Å². The lowest BCUT2D eigenvalue weighted by molar-refractivity contribution is -0.116. The highest BCUT2D eigenvalue weighted by molar-refractivity contribution is 9.10. The van der Waals surface area contributed by atoms with Crippen molar-refractivity contribution in [2.45, 2.75) is 6.92 Å². The smallest absolute Gasteiger partial charge is 0.255 e. The van der Waals surface area contributed by atoms with Crippen molar-refractivity contribution in [3.63, 3.8) is 0 Å². The van der Waals surface area contributed by atoms with Gasteiger partial charge in [-0.1, -0.05) is 34.1 Å². The zero-order valence-electron chi connectivity index (χ0n) is 17.2. The van der Waals surface area contributed by atoms with Crippen molar-refractivity contribution in [2.24, 2.45) is 0 Å². The third-order valence-electron chi connectivity index (χ3n) is 4.62. The summed E-state index contributed by atoms with van der Waals surface area (Å²) in [6.07, 6.45) is 0. The maximum Gasteiger partial charge on any atom is 0.255 e. The van der Waals surface area contributed by atoms with Gasteiger partial charge in [-0.15, -0.1) is 0 Å². The van der Waals surface area contributed by atoms with E-state index in [1.165, 1.54) is 4.90 Å². The molecular weight excluding hydrogens is 458 g/mol. The molecule has 3 amide bonds. The first-order valence-electron chi connectivity index (χ1n) is 9.61. The van der Waals surface area contributed by atoms with E-state index in [4.69, 9.17) is 0 Å². The summed E-state index contributed by atoms with van der Waals surface area (Å²) in [7, 11) is 1.57. The summed E-state index contributed by atoms with van der Waals surface area (Å²) < 4.78 is 0.929. The van der Waals surface area contributed by atoms with Crippen molar-refractivity contribution in [1.82, 2.24) is 4.90 Å². The van der Waals surface area contributed by atoms with Gasteiger partial charge in [0.05, 0.1) is 6.54 Å². The maximum atomic E-state index is 12.7. The molecule has 0 unspecified atom stereocenters. The number of benzene rings is 3. The SMILES string of the molecule is Cc1cc(Br)ccc1NC(=O)CN(C)C(=O)c1ccc(NC(=O)c2ccccc2)cc1. The number of anilines is 2. The first-order chi connectivity index (χ1) is 14.8. The van der Waals surface area contributed by atoms with Crippen LogP contribution in [-0.4, -0.2) is 36.2 Å². The molecule has 2 N–H and O–H groups in total. The number of amides is 3. The zero-order valence-corrected chi connectivity index (χ0v) is 18.8. The normalized spacial score (nSPS) is 10.3. The Morgan fingerprint density at radius 1 is 0.871 bits per heavy atom. The lowest BCUT2D eigenvalue weighted by atomic mass is 10.1. The standard InChI is InChI=1S/C24H22BrN3O3/c1-16-14-19(25)10-13-21(16)27-22(29)15-28(2)24(31)18-8-11-20(12-9-18)26-23(30)17-6-4-3-5-7-17/h3-14H,15H2,1-2H3,(H,26,30)(H,27,29). The summed E-state index contributed by atoms with van der Waals surface area (Å²) in [5.74, 6) is -0.798. The van der Waals surface area contributed by atoms with Crippen LogP contribution >= 0.6 is 15.9 Å². The van der Waals surface area contributed by atoms with E-state index in [0.717, 1.165) is 10.0 Å². The Labute approximate surface area is 189 Å².